The van der Waals surface area contributed by atoms with Crippen LogP contribution in [0, 0.1) is 23.2 Å². The smallest absolute Gasteiger partial charge is 0.239 e. The fourth-order valence-corrected chi connectivity index (χ4v) is 5.38. The van der Waals surface area contributed by atoms with E-state index in [9.17, 15) is 9.59 Å². The summed E-state index contributed by atoms with van der Waals surface area (Å²) in [6, 6.07) is 0. The number of nitrogens with two attached hydrogens (primary N) is 1. The molecule has 118 valence electrons. The first-order valence-corrected chi connectivity index (χ1v) is 8.32. The molecule has 0 unspecified atom stereocenters. The Bertz CT molecular complexity index is 386. The molecule has 4 fully saturated rings. The molecule has 0 saturated heterocycles. The second-order valence-corrected chi connectivity index (χ2v) is 7.50. The van der Waals surface area contributed by atoms with Gasteiger partial charge in [-0.2, -0.15) is 0 Å². The SMILES string of the molecule is NCC(=O)NCC(=O)NCCC12CC3CC(CC(C3)C1)C2. The Kier molecular flexibility index (Phi) is 4.20. The molecule has 0 radical (unpaired) electrons. The van der Waals surface area contributed by atoms with Gasteiger partial charge in [-0.15, -0.1) is 0 Å². The van der Waals surface area contributed by atoms with Gasteiger partial charge in [0.25, 0.3) is 0 Å². The van der Waals surface area contributed by atoms with Crippen molar-refractivity contribution < 1.29 is 9.59 Å². The molecule has 4 saturated carbocycles. The molecular formula is C16H27N3O2. The monoisotopic (exact) mass is 293 g/mol. The molecule has 0 heterocycles. The summed E-state index contributed by atoms with van der Waals surface area (Å²) in [5, 5.41) is 5.44. The molecule has 0 atom stereocenters. The van der Waals surface area contributed by atoms with Crippen LogP contribution in [0.15, 0.2) is 0 Å². The van der Waals surface area contributed by atoms with Crippen molar-refractivity contribution in [1.29, 1.82) is 0 Å². The highest BCUT2D eigenvalue weighted by atomic mass is 16.2. The van der Waals surface area contributed by atoms with Crippen molar-refractivity contribution in [2.75, 3.05) is 19.6 Å². The molecule has 0 spiro atoms. The van der Waals surface area contributed by atoms with Gasteiger partial charge in [0.05, 0.1) is 13.1 Å². The third-order valence-electron chi connectivity index (χ3n) is 5.77. The average Bonchev–Trinajstić information content (AvgIpc) is 2.43. The maximum atomic E-state index is 11.7. The van der Waals surface area contributed by atoms with Gasteiger partial charge in [-0.25, -0.2) is 0 Å². The van der Waals surface area contributed by atoms with Crippen molar-refractivity contribution in [2.45, 2.75) is 44.9 Å². The molecule has 0 aromatic heterocycles. The van der Waals surface area contributed by atoms with E-state index < -0.39 is 0 Å². The third kappa shape index (κ3) is 3.39. The van der Waals surface area contributed by atoms with Crippen LogP contribution in [-0.2, 0) is 9.59 Å². The molecule has 4 aliphatic carbocycles. The van der Waals surface area contributed by atoms with Crippen molar-refractivity contribution >= 4 is 11.8 Å². The number of hydrogen-bond donors (Lipinski definition) is 3. The number of carbonyl (C=O) groups excluding carboxylic acids is 2. The van der Waals surface area contributed by atoms with Crippen molar-refractivity contribution in [2.24, 2.45) is 28.9 Å². The summed E-state index contributed by atoms with van der Waals surface area (Å²) in [4.78, 5) is 22.7. The van der Waals surface area contributed by atoms with Crippen molar-refractivity contribution in [3.05, 3.63) is 0 Å². The van der Waals surface area contributed by atoms with E-state index in [1.54, 1.807) is 0 Å². The first-order chi connectivity index (χ1) is 10.1. The molecule has 21 heavy (non-hydrogen) atoms. The zero-order valence-corrected chi connectivity index (χ0v) is 12.7. The molecule has 2 amide bonds. The summed E-state index contributed by atoms with van der Waals surface area (Å²) in [5.41, 5.74) is 5.69. The lowest BCUT2D eigenvalue weighted by molar-refractivity contribution is -0.125. The van der Waals surface area contributed by atoms with Crippen LogP contribution in [0.3, 0.4) is 0 Å². The van der Waals surface area contributed by atoms with Crippen molar-refractivity contribution in [3.63, 3.8) is 0 Å². The summed E-state index contributed by atoms with van der Waals surface area (Å²) in [6.45, 7) is 0.709. The zero-order chi connectivity index (χ0) is 14.9. The predicted molar refractivity (Wildman–Crippen MR) is 80.3 cm³/mol. The van der Waals surface area contributed by atoms with E-state index in [1.807, 2.05) is 0 Å². The van der Waals surface area contributed by atoms with Gasteiger partial charge in [0.15, 0.2) is 0 Å². The highest BCUT2D eigenvalue weighted by Crippen LogP contribution is 2.61. The van der Waals surface area contributed by atoms with E-state index in [0.717, 1.165) is 30.7 Å². The van der Waals surface area contributed by atoms with Gasteiger partial charge in [0.1, 0.15) is 0 Å². The standard InChI is InChI=1S/C16H27N3O2/c17-9-14(20)19-10-15(21)18-2-1-16-6-11-3-12(7-16)5-13(4-11)8-16/h11-13H,1-10,17H2,(H,18,21)(H,19,20). The average molecular weight is 293 g/mol. The topological polar surface area (TPSA) is 84.2 Å². The van der Waals surface area contributed by atoms with E-state index in [0.29, 0.717) is 5.41 Å². The van der Waals surface area contributed by atoms with E-state index in [1.165, 1.54) is 38.5 Å². The molecule has 0 aromatic rings. The first-order valence-electron chi connectivity index (χ1n) is 8.32. The number of nitrogens with one attached hydrogen (secondary N) is 2. The normalized spacial score (nSPS) is 36.5. The Balaban J connectivity index is 1.41. The molecular weight excluding hydrogens is 266 g/mol. The first kappa shape index (κ1) is 14.8. The minimum Gasteiger partial charge on any atom is -0.355 e. The van der Waals surface area contributed by atoms with Gasteiger partial charge in [0.2, 0.25) is 11.8 Å². The Labute approximate surface area is 126 Å². The summed E-state index contributed by atoms with van der Waals surface area (Å²) < 4.78 is 0. The van der Waals surface area contributed by atoms with Gasteiger partial charge in [-0.05, 0) is 68.1 Å². The van der Waals surface area contributed by atoms with Gasteiger partial charge in [0, 0.05) is 6.54 Å². The van der Waals surface area contributed by atoms with Crippen molar-refractivity contribution in [1.82, 2.24) is 10.6 Å². The van der Waals surface area contributed by atoms with E-state index in [4.69, 9.17) is 5.73 Å². The quantitative estimate of drug-likeness (QED) is 0.677. The highest BCUT2D eigenvalue weighted by molar-refractivity contribution is 5.85. The molecule has 5 nitrogen and oxygen atoms in total. The van der Waals surface area contributed by atoms with Crippen LogP contribution in [0.2, 0.25) is 0 Å². The molecule has 4 aliphatic rings. The minimum atomic E-state index is -0.286. The molecule has 0 aliphatic heterocycles. The second-order valence-electron chi connectivity index (χ2n) is 7.50. The van der Waals surface area contributed by atoms with Crippen LogP contribution in [0.1, 0.15) is 44.9 Å². The lowest BCUT2D eigenvalue weighted by Gasteiger charge is -2.57. The van der Waals surface area contributed by atoms with Gasteiger partial charge >= 0.3 is 0 Å². The Morgan fingerprint density at radius 2 is 1.52 bits per heavy atom. The Morgan fingerprint density at radius 3 is 2.05 bits per heavy atom. The summed E-state index contributed by atoms with van der Waals surface area (Å²) in [6.07, 6.45) is 9.59. The van der Waals surface area contributed by atoms with E-state index >= 15 is 0 Å². The second kappa shape index (κ2) is 5.95. The summed E-state index contributed by atoms with van der Waals surface area (Å²) in [7, 11) is 0. The maximum absolute atomic E-state index is 11.7. The summed E-state index contributed by atoms with van der Waals surface area (Å²) >= 11 is 0. The summed E-state index contributed by atoms with van der Waals surface area (Å²) in [5.74, 6) is 2.47. The number of hydrogen-bond acceptors (Lipinski definition) is 3. The largest absolute Gasteiger partial charge is 0.355 e. The Morgan fingerprint density at radius 1 is 0.952 bits per heavy atom. The number of rotatable bonds is 6. The molecule has 4 N–H and O–H groups in total. The Hall–Kier alpha value is -1.10. The molecule has 0 aromatic carbocycles. The third-order valence-corrected chi connectivity index (χ3v) is 5.77. The predicted octanol–water partition coefficient (Wildman–Crippen LogP) is 0.784. The van der Waals surface area contributed by atoms with Crippen LogP contribution in [0.4, 0.5) is 0 Å². The molecule has 5 heteroatoms. The van der Waals surface area contributed by atoms with Crippen LogP contribution in [0.5, 0.6) is 0 Å². The molecule has 4 rings (SSSR count). The lowest BCUT2D eigenvalue weighted by Crippen LogP contribution is -2.47. The van der Waals surface area contributed by atoms with Crippen LogP contribution in [-0.4, -0.2) is 31.4 Å². The van der Waals surface area contributed by atoms with Crippen LogP contribution < -0.4 is 16.4 Å². The van der Waals surface area contributed by atoms with Crippen LogP contribution in [0.25, 0.3) is 0 Å². The number of carbonyl (C=O) groups is 2. The maximum Gasteiger partial charge on any atom is 0.239 e. The fraction of sp³-hybridized carbons (Fsp3) is 0.875. The highest BCUT2D eigenvalue weighted by Gasteiger charge is 2.50. The van der Waals surface area contributed by atoms with E-state index in [-0.39, 0.29) is 24.9 Å². The fourth-order valence-electron chi connectivity index (χ4n) is 5.38. The van der Waals surface area contributed by atoms with E-state index in [2.05, 4.69) is 10.6 Å². The van der Waals surface area contributed by atoms with Gasteiger partial charge in [-0.3, -0.25) is 9.59 Å². The zero-order valence-electron chi connectivity index (χ0n) is 12.7. The molecule has 4 bridgehead atoms. The minimum absolute atomic E-state index is 0.0386. The van der Waals surface area contributed by atoms with Crippen molar-refractivity contribution in [3.8, 4) is 0 Å². The van der Waals surface area contributed by atoms with Gasteiger partial charge in [-0.1, -0.05) is 0 Å². The number of amides is 2. The van der Waals surface area contributed by atoms with Crippen LogP contribution >= 0.6 is 0 Å². The van der Waals surface area contributed by atoms with Gasteiger partial charge < -0.3 is 16.4 Å². The lowest BCUT2D eigenvalue weighted by atomic mass is 9.49.